The lowest BCUT2D eigenvalue weighted by Gasteiger charge is -2.02. The third-order valence-corrected chi connectivity index (χ3v) is 3.53. The first kappa shape index (κ1) is 16.0. The molecule has 0 unspecified atom stereocenters. The van der Waals surface area contributed by atoms with Crippen molar-refractivity contribution in [2.45, 2.75) is 6.54 Å². The number of nitrogens with zero attached hydrogens (tertiary/aromatic N) is 3. The number of benzene rings is 2. The van der Waals surface area contributed by atoms with Gasteiger partial charge < -0.3 is 4.57 Å². The molecule has 1 heterocycles. The fourth-order valence-corrected chi connectivity index (χ4v) is 2.41. The lowest BCUT2D eigenvalue weighted by molar-refractivity contribution is -0.121. The van der Waals surface area contributed by atoms with Crippen molar-refractivity contribution < 1.29 is 4.79 Å². The molecule has 1 N–H and O–H groups in total. The van der Waals surface area contributed by atoms with Crippen LogP contribution in [0, 0.1) is 0 Å². The van der Waals surface area contributed by atoms with Crippen molar-refractivity contribution in [2.75, 3.05) is 0 Å². The van der Waals surface area contributed by atoms with Crippen molar-refractivity contribution in [1.82, 2.24) is 15.0 Å². The van der Waals surface area contributed by atoms with Crippen LogP contribution >= 0.6 is 11.6 Å². The minimum Gasteiger partial charge on any atom is -0.321 e. The Morgan fingerprint density at radius 1 is 1.17 bits per heavy atom. The SMILES string of the molecule is O=C(Cn1cnc2ccccc21)N/N=C\C(Cl)=C\c1ccccc1. The number of aromatic nitrogens is 2. The summed E-state index contributed by atoms with van der Waals surface area (Å²) < 4.78 is 1.77. The first-order valence-electron chi connectivity index (χ1n) is 7.36. The van der Waals surface area contributed by atoms with Crippen LogP contribution in [0.15, 0.2) is 71.1 Å². The van der Waals surface area contributed by atoms with E-state index in [2.05, 4.69) is 15.5 Å². The summed E-state index contributed by atoms with van der Waals surface area (Å²) in [6.07, 6.45) is 4.80. The van der Waals surface area contributed by atoms with Gasteiger partial charge >= 0.3 is 0 Å². The summed E-state index contributed by atoms with van der Waals surface area (Å²) >= 11 is 6.06. The Labute approximate surface area is 144 Å². The Kier molecular flexibility index (Phi) is 5.03. The zero-order chi connectivity index (χ0) is 16.8. The number of allylic oxidation sites excluding steroid dienone is 1. The molecular weight excluding hydrogens is 324 g/mol. The van der Waals surface area contributed by atoms with Gasteiger partial charge in [-0.15, -0.1) is 0 Å². The predicted octanol–water partition coefficient (Wildman–Crippen LogP) is 3.42. The van der Waals surface area contributed by atoms with Crippen LogP contribution in [-0.2, 0) is 11.3 Å². The lowest BCUT2D eigenvalue weighted by atomic mass is 10.2. The van der Waals surface area contributed by atoms with E-state index in [0.29, 0.717) is 5.03 Å². The van der Waals surface area contributed by atoms with Gasteiger partial charge in [-0.1, -0.05) is 54.1 Å². The van der Waals surface area contributed by atoms with Crippen molar-refractivity contribution >= 4 is 40.8 Å². The van der Waals surface area contributed by atoms with Gasteiger partial charge in [0.2, 0.25) is 0 Å². The molecule has 0 radical (unpaired) electrons. The van der Waals surface area contributed by atoms with Crippen LogP contribution in [0.1, 0.15) is 5.56 Å². The molecule has 0 fully saturated rings. The number of carbonyl (C=O) groups excluding carboxylic acids is 1. The minimum absolute atomic E-state index is 0.137. The van der Waals surface area contributed by atoms with E-state index in [1.807, 2.05) is 54.6 Å². The highest BCUT2D eigenvalue weighted by atomic mass is 35.5. The number of fused-ring (bicyclic) bond motifs is 1. The number of hydrogen-bond donors (Lipinski definition) is 1. The van der Waals surface area contributed by atoms with Crippen molar-refractivity contribution in [2.24, 2.45) is 5.10 Å². The van der Waals surface area contributed by atoms with Gasteiger partial charge in [-0.2, -0.15) is 5.10 Å². The Hall–Kier alpha value is -2.92. The molecule has 5 nitrogen and oxygen atoms in total. The van der Waals surface area contributed by atoms with Gasteiger partial charge in [0.15, 0.2) is 0 Å². The van der Waals surface area contributed by atoms with E-state index in [0.717, 1.165) is 16.6 Å². The molecule has 0 bridgehead atoms. The maximum absolute atomic E-state index is 12.0. The fraction of sp³-hybridized carbons (Fsp3) is 0.0556. The molecular formula is C18H15ClN4O. The molecule has 120 valence electrons. The van der Waals surface area contributed by atoms with Crippen molar-refractivity contribution in [3.8, 4) is 0 Å². The summed E-state index contributed by atoms with van der Waals surface area (Å²) in [5.74, 6) is -0.251. The van der Waals surface area contributed by atoms with Crippen molar-refractivity contribution in [3.05, 3.63) is 71.5 Å². The topological polar surface area (TPSA) is 59.3 Å². The summed E-state index contributed by atoms with van der Waals surface area (Å²) in [5, 5.41) is 4.29. The fourth-order valence-electron chi connectivity index (χ4n) is 2.24. The van der Waals surface area contributed by atoms with E-state index in [9.17, 15) is 4.79 Å². The van der Waals surface area contributed by atoms with Gasteiger partial charge in [-0.3, -0.25) is 4.79 Å². The molecule has 0 saturated carbocycles. The van der Waals surface area contributed by atoms with E-state index in [-0.39, 0.29) is 12.5 Å². The molecule has 3 aromatic rings. The van der Waals surface area contributed by atoms with E-state index in [1.54, 1.807) is 17.0 Å². The Morgan fingerprint density at radius 3 is 2.75 bits per heavy atom. The second kappa shape index (κ2) is 7.57. The van der Waals surface area contributed by atoms with Crippen LogP contribution < -0.4 is 5.43 Å². The second-order valence-electron chi connectivity index (χ2n) is 5.09. The number of imidazole rings is 1. The Balaban J connectivity index is 1.58. The standard InChI is InChI=1S/C18H15ClN4O/c19-15(10-14-6-2-1-3-7-14)11-21-22-18(24)12-23-13-20-16-8-4-5-9-17(16)23/h1-11,13H,12H2,(H,22,24)/b15-10-,21-11-. The summed E-state index contributed by atoms with van der Waals surface area (Å²) in [7, 11) is 0. The van der Waals surface area contributed by atoms with E-state index in [1.165, 1.54) is 6.21 Å². The normalized spacial score (nSPS) is 12.0. The van der Waals surface area contributed by atoms with E-state index < -0.39 is 0 Å². The molecule has 0 saturated heterocycles. The van der Waals surface area contributed by atoms with E-state index in [4.69, 9.17) is 11.6 Å². The van der Waals surface area contributed by atoms with Gasteiger partial charge in [0.1, 0.15) is 6.54 Å². The van der Waals surface area contributed by atoms with Crippen LogP contribution in [-0.4, -0.2) is 21.7 Å². The first-order valence-corrected chi connectivity index (χ1v) is 7.74. The molecule has 1 amide bonds. The largest absolute Gasteiger partial charge is 0.321 e. The smallest absolute Gasteiger partial charge is 0.260 e. The van der Waals surface area contributed by atoms with Crippen LogP contribution in [0.3, 0.4) is 0 Å². The molecule has 0 atom stereocenters. The van der Waals surface area contributed by atoms with Gasteiger partial charge in [-0.05, 0) is 23.8 Å². The molecule has 0 aliphatic heterocycles. The zero-order valence-corrected chi connectivity index (χ0v) is 13.5. The number of rotatable bonds is 5. The zero-order valence-electron chi connectivity index (χ0n) is 12.8. The van der Waals surface area contributed by atoms with Gasteiger partial charge in [0, 0.05) is 0 Å². The van der Waals surface area contributed by atoms with Crippen LogP contribution in [0.25, 0.3) is 17.1 Å². The number of carbonyl (C=O) groups is 1. The highest BCUT2D eigenvalue weighted by Crippen LogP contribution is 2.11. The minimum atomic E-state index is -0.251. The summed E-state index contributed by atoms with van der Waals surface area (Å²) in [5.41, 5.74) is 5.17. The lowest BCUT2D eigenvalue weighted by Crippen LogP contribution is -2.22. The van der Waals surface area contributed by atoms with Gasteiger partial charge in [0.05, 0.1) is 28.6 Å². The Morgan fingerprint density at radius 2 is 1.92 bits per heavy atom. The summed E-state index contributed by atoms with van der Waals surface area (Å²) in [4.78, 5) is 16.2. The first-order chi connectivity index (χ1) is 11.7. The highest BCUT2D eigenvalue weighted by Gasteiger charge is 2.05. The number of nitrogens with one attached hydrogen (secondary N) is 1. The van der Waals surface area contributed by atoms with Crippen molar-refractivity contribution in [1.29, 1.82) is 0 Å². The highest BCUT2D eigenvalue weighted by molar-refractivity contribution is 6.41. The average molecular weight is 339 g/mol. The maximum Gasteiger partial charge on any atom is 0.260 e. The molecule has 2 aromatic carbocycles. The summed E-state index contributed by atoms with van der Waals surface area (Å²) in [6, 6.07) is 17.3. The Bertz CT molecular complexity index is 900. The number of hydrazone groups is 1. The van der Waals surface area contributed by atoms with Gasteiger partial charge in [-0.25, -0.2) is 10.4 Å². The van der Waals surface area contributed by atoms with Crippen LogP contribution in [0.5, 0.6) is 0 Å². The second-order valence-corrected chi connectivity index (χ2v) is 5.53. The van der Waals surface area contributed by atoms with Crippen molar-refractivity contribution in [3.63, 3.8) is 0 Å². The monoisotopic (exact) mass is 338 g/mol. The number of para-hydroxylation sites is 2. The summed E-state index contributed by atoms with van der Waals surface area (Å²) in [6.45, 7) is 0.137. The van der Waals surface area contributed by atoms with Crippen LogP contribution in [0.4, 0.5) is 0 Å². The predicted molar refractivity (Wildman–Crippen MR) is 96.6 cm³/mol. The molecule has 1 aromatic heterocycles. The van der Waals surface area contributed by atoms with Gasteiger partial charge in [0.25, 0.3) is 5.91 Å². The molecule has 0 aliphatic rings. The molecule has 0 spiro atoms. The maximum atomic E-state index is 12.0. The molecule has 3 rings (SSSR count). The molecule has 24 heavy (non-hydrogen) atoms. The molecule has 0 aliphatic carbocycles. The average Bonchev–Trinajstić information content (AvgIpc) is 2.99. The number of hydrogen-bond acceptors (Lipinski definition) is 3. The number of amides is 1. The van der Waals surface area contributed by atoms with Crippen LogP contribution in [0.2, 0.25) is 0 Å². The van der Waals surface area contributed by atoms with E-state index >= 15 is 0 Å². The number of halogens is 1. The third-order valence-electron chi connectivity index (χ3n) is 3.32. The third kappa shape index (κ3) is 4.08. The quantitative estimate of drug-likeness (QED) is 0.572. The molecule has 6 heteroatoms.